The number of carbonyl (C=O) groups is 2. The zero-order valence-electron chi connectivity index (χ0n) is 15.0. The summed E-state index contributed by atoms with van der Waals surface area (Å²) in [5.74, 6) is -0.594. The lowest BCUT2D eigenvalue weighted by atomic mass is 10.2. The highest BCUT2D eigenvalue weighted by atomic mass is 35.5. The molecule has 1 amide bonds. The Morgan fingerprint density at radius 3 is 2.04 bits per heavy atom. The molecule has 1 rings (SSSR count). The lowest BCUT2D eigenvalue weighted by Gasteiger charge is -2.21. The average Bonchev–Trinajstić information content (AvgIpc) is 2.51. The first-order valence-electron chi connectivity index (χ1n) is 7.20. The zero-order chi connectivity index (χ0) is 19.7. The van der Waals surface area contributed by atoms with Gasteiger partial charge in [-0.25, -0.2) is 9.59 Å². The van der Waals surface area contributed by atoms with Crippen molar-refractivity contribution in [2.75, 3.05) is 13.7 Å². The molecule has 4 N–H and O–H groups in total. The van der Waals surface area contributed by atoms with Crippen molar-refractivity contribution in [3.8, 4) is 0 Å². The maximum absolute atomic E-state index is 11.3. The quantitative estimate of drug-likeness (QED) is 0.496. The van der Waals surface area contributed by atoms with Crippen LogP contribution in [0.2, 0.25) is 0 Å². The summed E-state index contributed by atoms with van der Waals surface area (Å²) >= 11 is 0. The molecule has 0 fully saturated rings. The first-order chi connectivity index (χ1) is 11.4. The molecule has 0 aliphatic heterocycles. The van der Waals surface area contributed by atoms with Crippen LogP contribution < -0.4 is 11.1 Å². The summed E-state index contributed by atoms with van der Waals surface area (Å²) in [6, 6.07) is 6.55. The maximum Gasteiger partial charge on any atom is 0.408 e. The number of alkyl carbamates (subject to hydrolysis) is 1. The van der Waals surface area contributed by atoms with E-state index in [1.165, 1.54) is 19.2 Å². The van der Waals surface area contributed by atoms with Gasteiger partial charge in [0.2, 0.25) is 0 Å². The molecule has 0 heterocycles. The summed E-state index contributed by atoms with van der Waals surface area (Å²) in [5, 5.41) is 2.31. The van der Waals surface area contributed by atoms with Crippen molar-refractivity contribution in [2.45, 2.75) is 37.3 Å². The van der Waals surface area contributed by atoms with Gasteiger partial charge in [-0.1, -0.05) is 18.2 Å². The number of hydrogen-bond donors (Lipinski definition) is 3. The number of halogens is 1. The third kappa shape index (κ3) is 11.6. The number of rotatable bonds is 4. The molecule has 9 nitrogen and oxygen atoms in total. The fourth-order valence-electron chi connectivity index (χ4n) is 1.40. The number of methoxy groups -OCH3 is 1. The summed E-state index contributed by atoms with van der Waals surface area (Å²) in [6.07, 6.45) is -0.691. The van der Waals surface area contributed by atoms with Crippen molar-refractivity contribution < 1.29 is 32.0 Å². The molecule has 150 valence electrons. The van der Waals surface area contributed by atoms with E-state index in [4.69, 9.17) is 15.0 Å². The molecule has 0 saturated carbocycles. The molecule has 1 aromatic rings. The highest BCUT2D eigenvalue weighted by molar-refractivity contribution is 7.85. The zero-order valence-corrected chi connectivity index (χ0v) is 16.6. The van der Waals surface area contributed by atoms with Crippen LogP contribution in [0.15, 0.2) is 35.2 Å². The molecule has 0 bridgehead atoms. The van der Waals surface area contributed by atoms with Gasteiger partial charge in [0, 0.05) is 6.54 Å². The van der Waals surface area contributed by atoms with Gasteiger partial charge in [0.25, 0.3) is 10.1 Å². The summed E-state index contributed by atoms with van der Waals surface area (Å²) in [7, 11) is -2.78. The average molecular weight is 413 g/mol. The first-order valence-corrected chi connectivity index (χ1v) is 8.64. The van der Waals surface area contributed by atoms with Crippen LogP contribution in [0, 0.1) is 0 Å². The lowest BCUT2D eigenvalue weighted by molar-refractivity contribution is -0.142. The normalized spacial score (nSPS) is 11.8. The van der Waals surface area contributed by atoms with E-state index in [9.17, 15) is 18.0 Å². The molecule has 0 saturated heterocycles. The second-order valence-electron chi connectivity index (χ2n) is 5.75. The minimum atomic E-state index is -4.00. The van der Waals surface area contributed by atoms with Crippen molar-refractivity contribution in [2.24, 2.45) is 5.73 Å². The van der Waals surface area contributed by atoms with Crippen LogP contribution in [0.4, 0.5) is 4.79 Å². The Morgan fingerprint density at radius 1 is 1.23 bits per heavy atom. The van der Waals surface area contributed by atoms with Gasteiger partial charge in [0.1, 0.15) is 11.6 Å². The molecule has 0 spiro atoms. The molecule has 0 aliphatic carbocycles. The molecule has 1 atom stereocenters. The standard InChI is InChI=1S/C9H18N2O4.C6H6O3S.ClH/c1-9(2,3)15-8(13)11-6(5-10)7(12)14-4;7-10(8,9)6-4-2-1-3-5-6;/h6H,5,10H2,1-4H3,(H,11,13);1-5H,(H,7,8,9);1H/t6-;;/m0../s1. The van der Waals surface area contributed by atoms with Gasteiger partial charge in [-0.2, -0.15) is 8.42 Å². The Morgan fingerprint density at radius 2 is 1.73 bits per heavy atom. The third-order valence-corrected chi connectivity index (χ3v) is 3.32. The fourth-order valence-corrected chi connectivity index (χ4v) is 1.90. The summed E-state index contributed by atoms with van der Waals surface area (Å²) in [4.78, 5) is 22.2. The van der Waals surface area contributed by atoms with Crippen LogP contribution in [0.1, 0.15) is 20.8 Å². The van der Waals surface area contributed by atoms with Gasteiger partial charge >= 0.3 is 12.1 Å². The third-order valence-electron chi connectivity index (χ3n) is 2.45. The van der Waals surface area contributed by atoms with Crippen molar-refractivity contribution in [3.05, 3.63) is 30.3 Å². The number of esters is 1. The molecule has 0 aromatic heterocycles. The summed E-state index contributed by atoms with van der Waals surface area (Å²) in [5.41, 5.74) is 4.68. The van der Waals surface area contributed by atoms with Crippen molar-refractivity contribution in [1.82, 2.24) is 5.32 Å². The Kier molecular flexibility index (Phi) is 11.8. The summed E-state index contributed by atoms with van der Waals surface area (Å²) in [6.45, 7) is 5.14. The smallest absolute Gasteiger partial charge is 0.408 e. The van der Waals surface area contributed by atoms with Crippen molar-refractivity contribution in [3.63, 3.8) is 0 Å². The molecule has 26 heavy (non-hydrogen) atoms. The van der Waals surface area contributed by atoms with Crippen LogP contribution in [0.3, 0.4) is 0 Å². The van der Waals surface area contributed by atoms with Gasteiger partial charge in [0.15, 0.2) is 0 Å². The first kappa shape index (κ1) is 26.4. The Hall–Kier alpha value is -1.88. The summed E-state index contributed by atoms with van der Waals surface area (Å²) < 4.78 is 38.6. The number of hydrogen-bond acceptors (Lipinski definition) is 7. The molecule has 0 radical (unpaired) electrons. The van der Waals surface area contributed by atoms with E-state index in [1.807, 2.05) is 0 Å². The van der Waals surface area contributed by atoms with Crippen LogP contribution in [0.5, 0.6) is 0 Å². The predicted molar refractivity (Wildman–Crippen MR) is 97.7 cm³/mol. The highest BCUT2D eigenvalue weighted by Gasteiger charge is 2.23. The van der Waals surface area contributed by atoms with Gasteiger partial charge in [-0.3, -0.25) is 4.55 Å². The number of carbonyl (C=O) groups excluding carboxylic acids is 2. The van der Waals surface area contributed by atoms with Gasteiger partial charge in [0.05, 0.1) is 12.0 Å². The molecule has 1 aromatic carbocycles. The second-order valence-corrected chi connectivity index (χ2v) is 7.17. The van der Waals surface area contributed by atoms with Crippen LogP contribution in [-0.4, -0.2) is 50.3 Å². The second kappa shape index (κ2) is 11.7. The van der Waals surface area contributed by atoms with E-state index in [0.29, 0.717) is 0 Å². The van der Waals surface area contributed by atoms with E-state index < -0.39 is 33.8 Å². The van der Waals surface area contributed by atoms with Gasteiger partial charge in [-0.05, 0) is 32.9 Å². The number of nitrogens with one attached hydrogen (secondary N) is 1. The van der Waals surface area contributed by atoms with Gasteiger partial charge < -0.3 is 20.5 Å². The fraction of sp³-hybridized carbons (Fsp3) is 0.467. The van der Waals surface area contributed by atoms with Crippen LogP contribution >= 0.6 is 12.4 Å². The Labute approximate surface area is 159 Å². The van der Waals surface area contributed by atoms with Gasteiger partial charge in [-0.15, -0.1) is 12.4 Å². The van der Waals surface area contributed by atoms with E-state index in [0.717, 1.165) is 0 Å². The molecule has 0 unspecified atom stereocenters. The minimum absolute atomic E-state index is 0. The number of nitrogens with two attached hydrogens (primary N) is 1. The number of ether oxygens (including phenoxy) is 2. The molecule has 0 aliphatic rings. The SMILES string of the molecule is COC(=O)[C@H](CN)NC(=O)OC(C)(C)C.Cl.O=S(=O)(O)c1ccccc1. The van der Waals surface area contributed by atoms with E-state index in [2.05, 4.69) is 10.1 Å². The van der Waals surface area contributed by atoms with Crippen LogP contribution in [-0.2, 0) is 24.4 Å². The molecular weight excluding hydrogens is 388 g/mol. The Balaban J connectivity index is 0. The predicted octanol–water partition coefficient (Wildman–Crippen LogP) is 1.37. The Bertz CT molecular complexity index is 660. The minimum Gasteiger partial charge on any atom is -0.467 e. The monoisotopic (exact) mass is 412 g/mol. The van der Waals surface area contributed by atoms with E-state index >= 15 is 0 Å². The number of amides is 1. The van der Waals surface area contributed by atoms with Crippen molar-refractivity contribution in [1.29, 1.82) is 0 Å². The van der Waals surface area contributed by atoms with Crippen molar-refractivity contribution >= 4 is 34.6 Å². The lowest BCUT2D eigenvalue weighted by Crippen LogP contribution is -2.48. The molecule has 11 heteroatoms. The van der Waals surface area contributed by atoms with Crippen LogP contribution in [0.25, 0.3) is 0 Å². The topological polar surface area (TPSA) is 145 Å². The van der Waals surface area contributed by atoms with E-state index in [1.54, 1.807) is 39.0 Å². The largest absolute Gasteiger partial charge is 0.467 e. The number of benzene rings is 1. The highest BCUT2D eigenvalue weighted by Crippen LogP contribution is 2.07. The maximum atomic E-state index is 11.3. The molecular formula is C15H25ClN2O7S. The van der Waals surface area contributed by atoms with E-state index in [-0.39, 0.29) is 23.8 Å².